The van der Waals surface area contributed by atoms with Gasteiger partial charge in [0.2, 0.25) is 0 Å². The summed E-state index contributed by atoms with van der Waals surface area (Å²) in [5.41, 5.74) is 17.2. The minimum absolute atomic E-state index is 0.136. The zero-order valence-corrected chi connectivity index (χ0v) is 24.3. The summed E-state index contributed by atoms with van der Waals surface area (Å²) in [5, 5.41) is 4.17. The predicted octanol–water partition coefficient (Wildman–Crippen LogP) is 4.94. The lowest BCUT2D eigenvalue weighted by Gasteiger charge is -2.51. The van der Waals surface area contributed by atoms with Crippen molar-refractivity contribution in [2.24, 2.45) is 5.11 Å². The van der Waals surface area contributed by atoms with Crippen LogP contribution in [-0.2, 0) is 17.7 Å². The molecule has 4 heterocycles. The number of rotatable bonds is 6. The number of ether oxygens (including phenoxy) is 1. The maximum Gasteiger partial charge on any atom is 0.335 e. The fourth-order valence-electron chi connectivity index (χ4n) is 5.61. The molecule has 2 unspecified atom stereocenters. The molecule has 4 atom stereocenters. The zero-order valence-electron chi connectivity index (χ0n) is 22.3. The van der Waals surface area contributed by atoms with Gasteiger partial charge in [-0.25, -0.2) is 15.0 Å². The molecule has 2 aromatic rings. The smallest absolute Gasteiger partial charge is 0.335 e. The van der Waals surface area contributed by atoms with Crippen molar-refractivity contribution in [3.63, 3.8) is 0 Å². The highest BCUT2D eigenvalue weighted by Gasteiger charge is 2.61. The lowest BCUT2D eigenvalue weighted by atomic mass is 10.1. The van der Waals surface area contributed by atoms with Crippen LogP contribution in [-0.4, -0.2) is 61.5 Å². The average molecular weight is 535 g/mol. The molecule has 0 bridgehead atoms. The van der Waals surface area contributed by atoms with E-state index in [1.807, 2.05) is 0 Å². The van der Waals surface area contributed by atoms with Gasteiger partial charge in [0.25, 0.3) is 0 Å². The molecule has 0 aliphatic carbocycles. The Balaban J connectivity index is 1.84. The van der Waals surface area contributed by atoms with Gasteiger partial charge in [0.05, 0.1) is 19.0 Å². The summed E-state index contributed by atoms with van der Waals surface area (Å²) in [4.78, 5) is 15.9. The number of hydrogen-bond donors (Lipinski definition) is 1. The van der Waals surface area contributed by atoms with Crippen molar-refractivity contribution in [3.05, 3.63) is 23.1 Å². The second kappa shape index (κ2) is 10.0. The molecular formula is C22H38N8O4Si2. The molecule has 36 heavy (non-hydrogen) atoms. The molecule has 0 amide bonds. The van der Waals surface area contributed by atoms with Crippen molar-refractivity contribution in [3.8, 4) is 0 Å². The van der Waals surface area contributed by atoms with E-state index in [2.05, 4.69) is 80.4 Å². The van der Waals surface area contributed by atoms with Crippen molar-refractivity contribution < 1.29 is 17.7 Å². The summed E-state index contributed by atoms with van der Waals surface area (Å²) < 4.78 is 29.5. The minimum Gasteiger partial charge on any atom is -0.414 e. The van der Waals surface area contributed by atoms with Crippen LogP contribution in [0.1, 0.15) is 61.6 Å². The molecule has 0 spiro atoms. The van der Waals surface area contributed by atoms with Crippen LogP contribution in [0.15, 0.2) is 17.8 Å². The number of anilines is 1. The van der Waals surface area contributed by atoms with Crippen LogP contribution in [0.4, 0.5) is 5.82 Å². The van der Waals surface area contributed by atoms with Crippen LogP contribution >= 0.6 is 0 Å². The van der Waals surface area contributed by atoms with Crippen LogP contribution in [0.25, 0.3) is 21.6 Å². The first-order valence-electron chi connectivity index (χ1n) is 12.6. The van der Waals surface area contributed by atoms with Crippen LogP contribution in [0, 0.1) is 0 Å². The Labute approximate surface area is 214 Å². The molecule has 0 radical (unpaired) electrons. The van der Waals surface area contributed by atoms with E-state index in [9.17, 15) is 5.53 Å². The Morgan fingerprint density at radius 1 is 1.03 bits per heavy atom. The largest absolute Gasteiger partial charge is 0.414 e. The molecule has 2 aliphatic rings. The molecule has 14 heteroatoms. The van der Waals surface area contributed by atoms with Gasteiger partial charge in [0.15, 0.2) is 11.5 Å². The molecule has 0 aromatic carbocycles. The fourth-order valence-corrected chi connectivity index (χ4v) is 16.8. The van der Waals surface area contributed by atoms with E-state index in [1.165, 1.54) is 6.33 Å². The Morgan fingerprint density at radius 2 is 1.67 bits per heavy atom. The molecule has 4 rings (SSSR count). The molecule has 198 valence electrons. The highest BCUT2D eigenvalue weighted by atomic mass is 28.5. The normalized spacial score (nSPS) is 27.9. The topological polar surface area (TPSA) is 155 Å². The van der Waals surface area contributed by atoms with Crippen molar-refractivity contribution in [2.75, 3.05) is 12.3 Å². The first-order chi connectivity index (χ1) is 17.0. The Kier molecular flexibility index (Phi) is 7.50. The maximum atomic E-state index is 9.53. The Hall–Kier alpha value is -2.07. The molecule has 2 saturated heterocycles. The summed E-state index contributed by atoms with van der Waals surface area (Å²) >= 11 is 0. The molecule has 2 aromatic heterocycles. The summed E-state index contributed by atoms with van der Waals surface area (Å²) in [6, 6.07) is -0.683. The average Bonchev–Trinajstić information content (AvgIpc) is 3.36. The number of fused-ring (bicyclic) bond motifs is 2. The van der Waals surface area contributed by atoms with Gasteiger partial charge in [-0.05, 0) is 27.7 Å². The quantitative estimate of drug-likeness (QED) is 0.236. The van der Waals surface area contributed by atoms with Crippen molar-refractivity contribution >= 4 is 34.1 Å². The van der Waals surface area contributed by atoms with E-state index in [0.29, 0.717) is 11.2 Å². The molecule has 12 nitrogen and oxygen atoms in total. The monoisotopic (exact) mass is 534 g/mol. The summed E-state index contributed by atoms with van der Waals surface area (Å²) in [5.74, 6) is 0.270. The molecule has 0 saturated carbocycles. The molecule has 2 N–H and O–H groups in total. The second-order valence-electron chi connectivity index (χ2n) is 10.9. The minimum atomic E-state index is -2.91. The number of nitrogen functional groups attached to an aromatic ring is 1. The predicted molar refractivity (Wildman–Crippen MR) is 140 cm³/mol. The van der Waals surface area contributed by atoms with E-state index in [4.69, 9.17) is 23.4 Å². The number of azide groups is 1. The third-order valence-corrected chi connectivity index (χ3v) is 17.7. The van der Waals surface area contributed by atoms with E-state index >= 15 is 0 Å². The standard InChI is InChI=1S/C22H38N8O4Si2/c1-12(2)35(13(3)4)31-9-16-19(33-36(34-35,14(5)6)15(7)8)17(28-29-24)22(32-16)30-11-27-18-20(23)25-10-26-21(18)30/h10-17,19,22H,9H2,1-8H3,(H2,23,25,26)/t16?,17-,19?,22-/m1/s1. The van der Waals surface area contributed by atoms with Gasteiger partial charge in [-0.3, -0.25) is 4.57 Å². The summed E-state index contributed by atoms with van der Waals surface area (Å²) in [6.45, 7) is 17.6. The van der Waals surface area contributed by atoms with Gasteiger partial charge < -0.3 is 23.4 Å². The lowest BCUT2D eigenvalue weighted by Crippen LogP contribution is -2.65. The van der Waals surface area contributed by atoms with E-state index < -0.39 is 41.6 Å². The first-order valence-corrected chi connectivity index (χ1v) is 16.6. The number of nitrogens with two attached hydrogens (primary N) is 1. The highest BCUT2D eigenvalue weighted by molar-refractivity contribution is 6.84. The highest BCUT2D eigenvalue weighted by Crippen LogP contribution is 2.49. The van der Waals surface area contributed by atoms with Gasteiger partial charge in [-0.1, -0.05) is 60.5 Å². The SMILES string of the molecule is CC(C)[Si]1(C(C)C)OCC2O[C@@H](n3cnc4c(N)ncnc43)[C@H](N=[N+]=[N-])C2O[Si](C(C)C)(C(C)C)O1. The van der Waals surface area contributed by atoms with E-state index in [1.54, 1.807) is 10.9 Å². The van der Waals surface area contributed by atoms with Crippen molar-refractivity contribution in [1.29, 1.82) is 0 Å². The van der Waals surface area contributed by atoms with Gasteiger partial charge in [-0.15, -0.1) is 0 Å². The zero-order chi connectivity index (χ0) is 26.4. The van der Waals surface area contributed by atoms with Crippen molar-refractivity contribution in [2.45, 2.75) is 102 Å². The Bertz CT molecular complexity index is 1120. The third-order valence-electron chi connectivity index (χ3n) is 7.49. The van der Waals surface area contributed by atoms with Crippen LogP contribution in [0.2, 0.25) is 22.2 Å². The lowest BCUT2D eigenvalue weighted by molar-refractivity contribution is -0.0546. The third kappa shape index (κ3) is 4.24. The van der Waals surface area contributed by atoms with Gasteiger partial charge >= 0.3 is 17.1 Å². The maximum absolute atomic E-state index is 9.53. The van der Waals surface area contributed by atoms with Gasteiger partial charge in [0.1, 0.15) is 30.2 Å². The van der Waals surface area contributed by atoms with Gasteiger partial charge in [-0.2, -0.15) is 0 Å². The van der Waals surface area contributed by atoms with Crippen LogP contribution in [0.3, 0.4) is 0 Å². The number of nitrogens with zero attached hydrogens (tertiary/aromatic N) is 7. The first kappa shape index (κ1) is 27.0. The van der Waals surface area contributed by atoms with Crippen molar-refractivity contribution in [1.82, 2.24) is 19.5 Å². The fraction of sp³-hybridized carbons (Fsp3) is 0.773. The van der Waals surface area contributed by atoms with Crippen LogP contribution < -0.4 is 5.73 Å². The number of hydrogen-bond acceptors (Lipinski definition) is 9. The van der Waals surface area contributed by atoms with E-state index in [0.717, 1.165) is 0 Å². The number of imidazole rings is 1. The Morgan fingerprint density at radius 3 is 2.25 bits per heavy atom. The molecule has 2 aliphatic heterocycles. The molecular weight excluding hydrogens is 496 g/mol. The van der Waals surface area contributed by atoms with E-state index in [-0.39, 0.29) is 34.6 Å². The second-order valence-corrected chi connectivity index (χ2v) is 19.7. The summed E-state index contributed by atoms with van der Waals surface area (Å²) in [7, 11) is -5.64. The van der Waals surface area contributed by atoms with Crippen LogP contribution in [0.5, 0.6) is 0 Å². The summed E-state index contributed by atoms with van der Waals surface area (Å²) in [6.07, 6.45) is 1.26. The van der Waals surface area contributed by atoms with Gasteiger partial charge in [0, 0.05) is 4.91 Å². The number of aromatic nitrogens is 4. The molecule has 2 fully saturated rings.